The number of hydrogen-bond acceptors (Lipinski definition) is 4. The number of aromatic nitrogens is 2. The molecule has 0 spiro atoms. The van der Waals surface area contributed by atoms with Gasteiger partial charge in [0.25, 0.3) is 0 Å². The van der Waals surface area contributed by atoms with Crippen molar-refractivity contribution in [2.45, 2.75) is 25.4 Å². The summed E-state index contributed by atoms with van der Waals surface area (Å²) in [5.41, 5.74) is 3.35. The van der Waals surface area contributed by atoms with E-state index in [0.29, 0.717) is 12.6 Å². The van der Waals surface area contributed by atoms with E-state index in [1.807, 2.05) is 24.4 Å². The van der Waals surface area contributed by atoms with Crippen molar-refractivity contribution in [1.29, 1.82) is 0 Å². The van der Waals surface area contributed by atoms with E-state index in [2.05, 4.69) is 32.5 Å². The molecule has 1 saturated heterocycles. The van der Waals surface area contributed by atoms with Crippen LogP contribution in [0.5, 0.6) is 0 Å². The quantitative estimate of drug-likeness (QED) is 0.798. The van der Waals surface area contributed by atoms with E-state index < -0.39 is 0 Å². The highest BCUT2D eigenvalue weighted by Crippen LogP contribution is 2.29. The molecule has 1 aromatic heterocycles. The number of aromatic amines is 1. The summed E-state index contributed by atoms with van der Waals surface area (Å²) in [5.74, 6) is 0.431. The highest BCUT2D eigenvalue weighted by atomic mass is 16.5. The van der Waals surface area contributed by atoms with Gasteiger partial charge in [-0.25, -0.2) is 0 Å². The largest absolute Gasteiger partial charge is 0.384 e. The number of carbonyl (C=O) groups is 1. The van der Waals surface area contributed by atoms with Crippen molar-refractivity contribution in [3.63, 3.8) is 0 Å². The van der Waals surface area contributed by atoms with Gasteiger partial charge >= 0.3 is 0 Å². The number of carbonyl (C=O) groups excluding carboxylic acids is 1. The number of likely N-dealkylation sites (tertiary alicyclic amines) is 1. The van der Waals surface area contributed by atoms with Crippen LogP contribution in [-0.2, 0) is 16.1 Å². The Morgan fingerprint density at radius 1 is 1.31 bits per heavy atom. The number of hydrogen-bond donors (Lipinski definition) is 2. The number of ether oxygens (including phenoxy) is 1. The lowest BCUT2D eigenvalue weighted by molar-refractivity contribution is -0.126. The SMILES string of the molecule is COC[C@@H]1CN(Cc2cn[nH]c2-c2ccccc2)C[C@H]1C(=O)NC1CC1. The number of H-pyrrole nitrogens is 1. The summed E-state index contributed by atoms with van der Waals surface area (Å²) >= 11 is 0. The maximum atomic E-state index is 12.6. The smallest absolute Gasteiger partial charge is 0.225 e. The molecule has 2 atom stereocenters. The average Bonchev–Trinajstić information content (AvgIpc) is 3.19. The second kappa shape index (κ2) is 7.60. The molecule has 2 fully saturated rings. The third-order valence-electron chi connectivity index (χ3n) is 5.33. The van der Waals surface area contributed by atoms with Crippen LogP contribution in [0.2, 0.25) is 0 Å². The minimum atomic E-state index is 0.00243. The predicted molar refractivity (Wildman–Crippen MR) is 99.3 cm³/mol. The maximum absolute atomic E-state index is 12.6. The Labute approximate surface area is 153 Å². The molecule has 6 heteroatoms. The average molecular weight is 354 g/mol. The van der Waals surface area contributed by atoms with Crippen molar-refractivity contribution in [1.82, 2.24) is 20.4 Å². The van der Waals surface area contributed by atoms with Crippen molar-refractivity contribution in [2.24, 2.45) is 11.8 Å². The Kier molecular flexibility index (Phi) is 5.04. The van der Waals surface area contributed by atoms with Crippen molar-refractivity contribution in [3.8, 4) is 11.3 Å². The molecule has 0 bridgehead atoms. The van der Waals surface area contributed by atoms with Crippen molar-refractivity contribution < 1.29 is 9.53 Å². The van der Waals surface area contributed by atoms with Gasteiger partial charge < -0.3 is 10.1 Å². The monoisotopic (exact) mass is 354 g/mol. The first-order valence-electron chi connectivity index (χ1n) is 9.34. The molecule has 2 aliphatic rings. The van der Waals surface area contributed by atoms with Crippen LogP contribution in [-0.4, -0.2) is 53.9 Å². The van der Waals surface area contributed by atoms with Gasteiger partial charge in [-0.05, 0) is 18.4 Å². The van der Waals surface area contributed by atoms with Gasteiger partial charge in [0.15, 0.2) is 0 Å². The van der Waals surface area contributed by atoms with Crippen LogP contribution in [0.4, 0.5) is 0 Å². The first-order valence-corrected chi connectivity index (χ1v) is 9.34. The molecule has 4 rings (SSSR count). The van der Waals surface area contributed by atoms with Crippen LogP contribution in [0.25, 0.3) is 11.3 Å². The van der Waals surface area contributed by atoms with Crippen LogP contribution >= 0.6 is 0 Å². The Morgan fingerprint density at radius 2 is 2.12 bits per heavy atom. The molecule has 1 aliphatic heterocycles. The van der Waals surface area contributed by atoms with E-state index in [-0.39, 0.29) is 17.7 Å². The molecule has 1 amide bonds. The van der Waals surface area contributed by atoms with Gasteiger partial charge in [-0.3, -0.25) is 14.8 Å². The summed E-state index contributed by atoms with van der Waals surface area (Å²) in [6.07, 6.45) is 4.13. The van der Waals surface area contributed by atoms with E-state index in [9.17, 15) is 4.79 Å². The summed E-state index contributed by atoms with van der Waals surface area (Å²) in [5, 5.41) is 10.5. The molecule has 6 nitrogen and oxygen atoms in total. The topological polar surface area (TPSA) is 70.2 Å². The van der Waals surface area contributed by atoms with E-state index in [4.69, 9.17) is 4.74 Å². The summed E-state index contributed by atoms with van der Waals surface area (Å²) in [7, 11) is 1.71. The molecule has 2 N–H and O–H groups in total. The lowest BCUT2D eigenvalue weighted by atomic mass is 9.96. The standard InChI is InChI=1S/C20H26N4O2/c1-26-13-16-11-24(12-18(16)20(25)22-17-7-8-17)10-15-9-21-23-19(15)14-5-3-2-4-6-14/h2-6,9,16-18H,7-8,10-13H2,1H3,(H,21,23)(H,22,25)/t16-,18+/m0/s1. The van der Waals surface area contributed by atoms with Crippen LogP contribution in [0, 0.1) is 11.8 Å². The van der Waals surface area contributed by atoms with E-state index >= 15 is 0 Å². The van der Waals surface area contributed by atoms with Crippen molar-refractivity contribution in [3.05, 3.63) is 42.1 Å². The summed E-state index contributed by atoms with van der Waals surface area (Å²) in [6, 6.07) is 10.6. The molecule has 2 heterocycles. The van der Waals surface area contributed by atoms with Crippen molar-refractivity contribution >= 4 is 5.91 Å². The molecular weight excluding hydrogens is 328 g/mol. The number of benzene rings is 1. The van der Waals surface area contributed by atoms with Gasteiger partial charge in [-0.1, -0.05) is 30.3 Å². The zero-order chi connectivity index (χ0) is 17.9. The zero-order valence-corrected chi connectivity index (χ0v) is 15.1. The third-order valence-corrected chi connectivity index (χ3v) is 5.33. The summed E-state index contributed by atoms with van der Waals surface area (Å²) in [6.45, 7) is 3.05. The van der Waals surface area contributed by atoms with Crippen LogP contribution < -0.4 is 5.32 Å². The number of rotatable bonds is 7. The van der Waals surface area contributed by atoms with E-state index in [1.54, 1.807) is 7.11 Å². The Morgan fingerprint density at radius 3 is 2.85 bits per heavy atom. The molecular formula is C20H26N4O2. The van der Waals surface area contributed by atoms with Gasteiger partial charge in [0.05, 0.1) is 24.4 Å². The summed E-state index contributed by atoms with van der Waals surface area (Å²) < 4.78 is 5.38. The van der Waals surface area contributed by atoms with Gasteiger partial charge in [-0.2, -0.15) is 5.10 Å². The van der Waals surface area contributed by atoms with Crippen LogP contribution in [0.1, 0.15) is 18.4 Å². The molecule has 1 saturated carbocycles. The van der Waals surface area contributed by atoms with Crippen molar-refractivity contribution in [2.75, 3.05) is 26.8 Å². The molecule has 1 aliphatic carbocycles. The number of methoxy groups -OCH3 is 1. The number of nitrogens with one attached hydrogen (secondary N) is 2. The molecule has 1 aromatic carbocycles. The van der Waals surface area contributed by atoms with E-state index in [0.717, 1.165) is 49.3 Å². The maximum Gasteiger partial charge on any atom is 0.225 e. The van der Waals surface area contributed by atoms with Gasteiger partial charge in [0.2, 0.25) is 5.91 Å². The second-order valence-corrected chi connectivity index (χ2v) is 7.44. The Hall–Kier alpha value is -2.18. The third kappa shape index (κ3) is 3.81. The predicted octanol–water partition coefficient (Wildman–Crippen LogP) is 2.05. The van der Waals surface area contributed by atoms with Gasteiger partial charge in [0.1, 0.15) is 0 Å². The fraction of sp³-hybridized carbons (Fsp3) is 0.500. The van der Waals surface area contributed by atoms with Gasteiger partial charge in [-0.15, -0.1) is 0 Å². The van der Waals surface area contributed by atoms with Crippen LogP contribution in [0.15, 0.2) is 36.5 Å². The molecule has 2 aromatic rings. The highest BCUT2D eigenvalue weighted by molar-refractivity contribution is 5.80. The molecule has 0 unspecified atom stereocenters. The van der Waals surface area contributed by atoms with Crippen LogP contribution in [0.3, 0.4) is 0 Å². The molecule has 138 valence electrons. The normalized spacial score (nSPS) is 23.3. The summed E-state index contributed by atoms with van der Waals surface area (Å²) in [4.78, 5) is 15.0. The minimum absolute atomic E-state index is 0.00243. The first-order chi connectivity index (χ1) is 12.7. The number of nitrogens with zero attached hydrogens (tertiary/aromatic N) is 2. The fourth-order valence-corrected chi connectivity index (χ4v) is 3.83. The Bertz CT molecular complexity index is 741. The minimum Gasteiger partial charge on any atom is -0.384 e. The lowest BCUT2D eigenvalue weighted by Gasteiger charge is -2.16. The van der Waals surface area contributed by atoms with E-state index in [1.165, 1.54) is 0 Å². The first kappa shape index (κ1) is 17.2. The van der Waals surface area contributed by atoms with Gasteiger partial charge in [0, 0.05) is 44.3 Å². The zero-order valence-electron chi connectivity index (χ0n) is 15.1. The molecule has 0 radical (unpaired) electrons. The second-order valence-electron chi connectivity index (χ2n) is 7.44. The fourth-order valence-electron chi connectivity index (χ4n) is 3.83. The number of amides is 1. The molecule has 26 heavy (non-hydrogen) atoms. The Balaban J connectivity index is 1.45. The lowest BCUT2D eigenvalue weighted by Crippen LogP contribution is -2.37. The highest BCUT2D eigenvalue weighted by Gasteiger charge is 2.39.